The normalized spacial score (nSPS) is 10.6. The Morgan fingerprint density at radius 2 is 2.18 bits per heavy atom. The molecule has 0 fully saturated rings. The Bertz CT molecular complexity index is 535. The molecule has 5 nitrogen and oxygen atoms in total. The van der Waals surface area contributed by atoms with Crippen LogP contribution >= 0.6 is 22.6 Å². The lowest BCUT2D eigenvalue weighted by Crippen LogP contribution is -2.06. The van der Waals surface area contributed by atoms with E-state index >= 15 is 0 Å². The van der Waals surface area contributed by atoms with Crippen LogP contribution in [0.15, 0.2) is 12.4 Å². The molecule has 0 aromatic carbocycles. The van der Waals surface area contributed by atoms with Crippen molar-refractivity contribution in [2.45, 2.75) is 13.8 Å². The summed E-state index contributed by atoms with van der Waals surface area (Å²) < 4.78 is 2.82. The van der Waals surface area contributed by atoms with Crippen molar-refractivity contribution < 1.29 is 0 Å². The van der Waals surface area contributed by atoms with E-state index in [4.69, 9.17) is 0 Å². The highest BCUT2D eigenvalue weighted by molar-refractivity contribution is 14.1. The molecule has 0 aliphatic carbocycles. The minimum Gasteiger partial charge on any atom is -0.369 e. The first-order valence-corrected chi connectivity index (χ1v) is 6.46. The number of nitrogens with one attached hydrogen (secondary N) is 1. The molecule has 0 atom stereocenters. The van der Waals surface area contributed by atoms with Gasteiger partial charge in [0.1, 0.15) is 5.82 Å². The van der Waals surface area contributed by atoms with E-state index in [-0.39, 0.29) is 0 Å². The van der Waals surface area contributed by atoms with Crippen LogP contribution in [0.4, 0.5) is 5.82 Å². The fourth-order valence-corrected chi connectivity index (χ4v) is 1.94. The molecule has 0 saturated carbocycles. The highest BCUT2D eigenvalue weighted by Gasteiger charge is 2.11. The van der Waals surface area contributed by atoms with Gasteiger partial charge in [-0.25, -0.2) is 9.97 Å². The molecular weight excluding hydrogens is 329 g/mol. The van der Waals surface area contributed by atoms with E-state index < -0.39 is 0 Å². The second-order valence-corrected chi connectivity index (χ2v) is 4.81. The highest BCUT2D eigenvalue weighted by atomic mass is 127. The molecule has 2 rings (SSSR count). The van der Waals surface area contributed by atoms with Crippen molar-refractivity contribution in [1.29, 1.82) is 0 Å². The summed E-state index contributed by atoms with van der Waals surface area (Å²) in [6.45, 7) is 4.89. The van der Waals surface area contributed by atoms with Crippen molar-refractivity contribution in [2.24, 2.45) is 7.05 Å². The van der Waals surface area contributed by atoms with Gasteiger partial charge in [0, 0.05) is 19.8 Å². The zero-order valence-electron chi connectivity index (χ0n) is 10.0. The van der Waals surface area contributed by atoms with E-state index in [1.807, 2.05) is 20.2 Å². The van der Waals surface area contributed by atoms with Gasteiger partial charge in [-0.1, -0.05) is 0 Å². The second-order valence-electron chi connectivity index (χ2n) is 3.73. The van der Waals surface area contributed by atoms with Crippen LogP contribution in [0.5, 0.6) is 0 Å². The molecule has 2 heterocycles. The van der Waals surface area contributed by atoms with Crippen LogP contribution in [-0.2, 0) is 7.05 Å². The van der Waals surface area contributed by atoms with E-state index in [9.17, 15) is 0 Å². The predicted molar refractivity (Wildman–Crippen MR) is 75.9 cm³/mol. The molecule has 0 aliphatic rings. The van der Waals surface area contributed by atoms with E-state index in [0.717, 1.165) is 27.2 Å². The van der Waals surface area contributed by atoms with Gasteiger partial charge in [-0.2, -0.15) is 5.10 Å². The molecule has 17 heavy (non-hydrogen) atoms. The minimum atomic E-state index is 0.715. The van der Waals surface area contributed by atoms with E-state index in [2.05, 4.69) is 49.9 Å². The molecule has 2 aromatic heterocycles. The Hall–Kier alpha value is -1.18. The number of hydrogen-bond donors (Lipinski definition) is 1. The molecule has 0 bridgehead atoms. The van der Waals surface area contributed by atoms with Gasteiger partial charge < -0.3 is 5.32 Å². The maximum atomic E-state index is 4.52. The van der Waals surface area contributed by atoms with Crippen LogP contribution in [0.2, 0.25) is 0 Å². The molecule has 0 radical (unpaired) electrons. The second kappa shape index (κ2) is 4.99. The lowest BCUT2D eigenvalue weighted by atomic mass is 10.3. The van der Waals surface area contributed by atoms with Crippen molar-refractivity contribution >= 4 is 28.4 Å². The summed E-state index contributed by atoms with van der Waals surface area (Å²) in [5.41, 5.74) is 1.92. The standard InChI is InChI=1S/C11H14IN5/c1-4-13-11-9(12)7(2)15-10(16-11)8-5-14-17(3)6-8/h5-6H,4H2,1-3H3,(H,13,15,16). The molecule has 0 unspecified atom stereocenters. The van der Waals surface area contributed by atoms with E-state index in [1.165, 1.54) is 0 Å². The molecule has 0 saturated heterocycles. The Morgan fingerprint density at radius 1 is 1.41 bits per heavy atom. The van der Waals surface area contributed by atoms with Gasteiger partial charge in [-0.3, -0.25) is 4.68 Å². The summed E-state index contributed by atoms with van der Waals surface area (Å²) in [6, 6.07) is 0. The van der Waals surface area contributed by atoms with E-state index in [0.29, 0.717) is 5.82 Å². The van der Waals surface area contributed by atoms with Gasteiger partial charge in [-0.05, 0) is 36.4 Å². The van der Waals surface area contributed by atoms with Gasteiger partial charge in [0.15, 0.2) is 5.82 Å². The molecule has 0 amide bonds. The van der Waals surface area contributed by atoms with Crippen molar-refractivity contribution in [3.05, 3.63) is 21.7 Å². The van der Waals surface area contributed by atoms with Crippen molar-refractivity contribution in [2.75, 3.05) is 11.9 Å². The van der Waals surface area contributed by atoms with Crippen LogP contribution in [0.3, 0.4) is 0 Å². The SMILES string of the molecule is CCNc1nc(-c2cnn(C)c2)nc(C)c1I. The summed E-state index contributed by atoms with van der Waals surface area (Å²) in [4.78, 5) is 9.01. The minimum absolute atomic E-state index is 0.715. The number of aryl methyl sites for hydroxylation is 2. The fraction of sp³-hybridized carbons (Fsp3) is 0.364. The first-order valence-electron chi connectivity index (χ1n) is 5.39. The molecular formula is C11H14IN5. The fourth-order valence-electron chi connectivity index (χ4n) is 1.51. The van der Waals surface area contributed by atoms with Gasteiger partial charge in [0.05, 0.1) is 21.0 Å². The maximum absolute atomic E-state index is 4.52. The molecule has 0 spiro atoms. The molecule has 6 heteroatoms. The quantitative estimate of drug-likeness (QED) is 0.869. The van der Waals surface area contributed by atoms with Gasteiger partial charge in [0.2, 0.25) is 0 Å². The average molecular weight is 343 g/mol. The number of aromatic nitrogens is 4. The summed E-state index contributed by atoms with van der Waals surface area (Å²) in [6.07, 6.45) is 3.69. The van der Waals surface area contributed by atoms with Gasteiger partial charge >= 0.3 is 0 Å². The summed E-state index contributed by atoms with van der Waals surface area (Å²) in [5.74, 6) is 1.60. The van der Waals surface area contributed by atoms with Crippen molar-refractivity contribution in [1.82, 2.24) is 19.7 Å². The third-order valence-electron chi connectivity index (χ3n) is 2.32. The van der Waals surface area contributed by atoms with Gasteiger partial charge in [-0.15, -0.1) is 0 Å². The largest absolute Gasteiger partial charge is 0.369 e. The Labute approximate surface area is 114 Å². The van der Waals surface area contributed by atoms with Crippen LogP contribution < -0.4 is 5.32 Å². The monoisotopic (exact) mass is 343 g/mol. The first kappa shape index (κ1) is 12.3. The first-order chi connectivity index (χ1) is 8.11. The Morgan fingerprint density at radius 3 is 2.76 bits per heavy atom. The number of halogens is 1. The van der Waals surface area contributed by atoms with Crippen molar-refractivity contribution in [3.63, 3.8) is 0 Å². The number of nitrogens with zero attached hydrogens (tertiary/aromatic N) is 4. The van der Waals surface area contributed by atoms with Crippen LogP contribution in [0.1, 0.15) is 12.6 Å². The van der Waals surface area contributed by atoms with E-state index in [1.54, 1.807) is 10.9 Å². The lowest BCUT2D eigenvalue weighted by molar-refractivity contribution is 0.768. The Balaban J connectivity index is 2.48. The Kier molecular flexibility index (Phi) is 3.60. The molecule has 90 valence electrons. The summed E-state index contributed by atoms with van der Waals surface area (Å²) >= 11 is 2.26. The van der Waals surface area contributed by atoms with Crippen LogP contribution in [-0.4, -0.2) is 26.3 Å². The third-order valence-corrected chi connectivity index (χ3v) is 3.62. The van der Waals surface area contributed by atoms with Crippen molar-refractivity contribution in [3.8, 4) is 11.4 Å². The zero-order chi connectivity index (χ0) is 12.4. The number of anilines is 1. The smallest absolute Gasteiger partial charge is 0.165 e. The topological polar surface area (TPSA) is 55.6 Å². The summed E-state index contributed by atoms with van der Waals surface area (Å²) in [5, 5.41) is 7.38. The number of hydrogen-bond acceptors (Lipinski definition) is 4. The highest BCUT2D eigenvalue weighted by Crippen LogP contribution is 2.23. The summed E-state index contributed by atoms with van der Waals surface area (Å²) in [7, 11) is 1.88. The maximum Gasteiger partial charge on any atom is 0.165 e. The lowest BCUT2D eigenvalue weighted by Gasteiger charge is -2.08. The van der Waals surface area contributed by atoms with Crippen LogP contribution in [0.25, 0.3) is 11.4 Å². The molecule has 2 aromatic rings. The van der Waals surface area contributed by atoms with Crippen LogP contribution in [0, 0.1) is 10.5 Å². The molecule has 1 N–H and O–H groups in total. The van der Waals surface area contributed by atoms with Gasteiger partial charge in [0.25, 0.3) is 0 Å². The molecule has 0 aliphatic heterocycles. The average Bonchev–Trinajstić information content (AvgIpc) is 2.71. The third kappa shape index (κ3) is 2.56. The number of rotatable bonds is 3. The zero-order valence-corrected chi connectivity index (χ0v) is 12.2. The predicted octanol–water partition coefficient (Wildman–Crippen LogP) is 2.22.